The van der Waals surface area contributed by atoms with Gasteiger partial charge in [0.25, 0.3) is 10.0 Å². The van der Waals surface area contributed by atoms with E-state index in [4.69, 9.17) is 9.63 Å². The van der Waals surface area contributed by atoms with Crippen molar-refractivity contribution in [2.24, 2.45) is 0 Å². The molecule has 1 unspecified atom stereocenters. The number of rotatable bonds is 8. The van der Waals surface area contributed by atoms with E-state index in [1.807, 2.05) is 21.1 Å². The Kier molecular flexibility index (Phi) is 5.43. The number of thiophene rings is 1. The SMILES string of the molecule is C[N+](C)(C)CC(CC(=O)O)NS(=O)(=O)c1ccc(-c2ccno2)s1. The van der Waals surface area contributed by atoms with E-state index in [0.717, 1.165) is 11.3 Å². The van der Waals surface area contributed by atoms with Gasteiger partial charge in [-0.3, -0.25) is 4.79 Å². The second-order valence-electron chi connectivity index (χ2n) is 6.38. The van der Waals surface area contributed by atoms with Crippen LogP contribution in [0.4, 0.5) is 0 Å². The van der Waals surface area contributed by atoms with Crippen LogP contribution in [-0.4, -0.2) is 62.9 Å². The number of aromatic nitrogens is 1. The average Bonchev–Trinajstić information content (AvgIpc) is 3.07. The molecule has 8 nitrogen and oxygen atoms in total. The van der Waals surface area contributed by atoms with Crippen LogP contribution in [0.5, 0.6) is 0 Å². The lowest BCUT2D eigenvalue weighted by Gasteiger charge is -2.28. The Morgan fingerprint density at radius 1 is 1.38 bits per heavy atom. The van der Waals surface area contributed by atoms with Crippen LogP contribution in [0, 0.1) is 0 Å². The molecular formula is C14H20N3O5S2+. The summed E-state index contributed by atoms with van der Waals surface area (Å²) >= 11 is 1.04. The number of sulfonamides is 1. The Hall–Kier alpha value is -1.75. The zero-order valence-electron chi connectivity index (χ0n) is 13.6. The number of quaternary nitrogens is 1. The number of carboxylic acid groups (broad SMARTS) is 1. The quantitative estimate of drug-likeness (QED) is 0.673. The maximum Gasteiger partial charge on any atom is 0.305 e. The zero-order chi connectivity index (χ0) is 18.0. The number of carbonyl (C=O) groups is 1. The fourth-order valence-electron chi connectivity index (χ4n) is 2.23. The highest BCUT2D eigenvalue weighted by Gasteiger charge is 2.28. The number of nitrogens with one attached hydrogen (secondary N) is 1. The Labute approximate surface area is 144 Å². The van der Waals surface area contributed by atoms with Crippen LogP contribution in [0.25, 0.3) is 10.6 Å². The number of hydrogen-bond acceptors (Lipinski definition) is 6. The molecule has 0 spiro atoms. The van der Waals surface area contributed by atoms with Crippen molar-refractivity contribution in [1.29, 1.82) is 0 Å². The first kappa shape index (κ1) is 18.6. The highest BCUT2D eigenvalue weighted by Crippen LogP contribution is 2.30. The average molecular weight is 374 g/mol. The number of nitrogens with zero attached hydrogens (tertiary/aromatic N) is 2. The van der Waals surface area contributed by atoms with Crippen molar-refractivity contribution in [1.82, 2.24) is 9.88 Å². The lowest BCUT2D eigenvalue weighted by Crippen LogP contribution is -2.49. The first-order valence-electron chi connectivity index (χ1n) is 7.12. The second kappa shape index (κ2) is 7.01. The minimum Gasteiger partial charge on any atom is -0.481 e. The van der Waals surface area contributed by atoms with Gasteiger partial charge in [0.15, 0.2) is 5.76 Å². The number of carboxylic acids is 1. The summed E-state index contributed by atoms with van der Waals surface area (Å²) in [5.74, 6) is -0.570. The Bertz CT molecular complexity index is 791. The van der Waals surface area contributed by atoms with Crippen molar-refractivity contribution >= 4 is 27.3 Å². The van der Waals surface area contributed by atoms with Crippen molar-refractivity contribution < 1.29 is 27.3 Å². The van der Waals surface area contributed by atoms with Gasteiger partial charge in [-0.2, -0.15) is 0 Å². The van der Waals surface area contributed by atoms with E-state index in [1.165, 1.54) is 12.3 Å². The molecule has 132 valence electrons. The molecule has 10 heteroatoms. The van der Waals surface area contributed by atoms with Gasteiger partial charge in [-0.1, -0.05) is 5.16 Å². The summed E-state index contributed by atoms with van der Waals surface area (Å²) in [5.41, 5.74) is 0. The molecule has 2 rings (SSSR count). The maximum absolute atomic E-state index is 12.5. The fourth-order valence-corrected chi connectivity index (χ4v) is 4.74. The van der Waals surface area contributed by atoms with Crippen LogP contribution < -0.4 is 4.72 Å². The van der Waals surface area contributed by atoms with Gasteiger partial charge in [0, 0.05) is 6.07 Å². The first-order chi connectivity index (χ1) is 11.1. The molecule has 0 fully saturated rings. The fraction of sp³-hybridized carbons (Fsp3) is 0.429. The molecule has 2 aromatic heterocycles. The smallest absolute Gasteiger partial charge is 0.305 e. The van der Waals surface area contributed by atoms with Crippen molar-refractivity contribution in [3.63, 3.8) is 0 Å². The van der Waals surface area contributed by atoms with Crippen LogP contribution in [-0.2, 0) is 14.8 Å². The molecule has 24 heavy (non-hydrogen) atoms. The summed E-state index contributed by atoms with van der Waals surface area (Å²) < 4.78 is 33.1. The van der Waals surface area contributed by atoms with E-state index >= 15 is 0 Å². The normalized spacial score (nSPS) is 13.8. The summed E-state index contributed by atoms with van der Waals surface area (Å²) in [5, 5.41) is 12.6. The minimum absolute atomic E-state index is 0.102. The van der Waals surface area contributed by atoms with E-state index in [1.54, 1.807) is 12.1 Å². The molecule has 2 aromatic rings. The van der Waals surface area contributed by atoms with Crippen LogP contribution in [0.15, 0.2) is 33.1 Å². The lowest BCUT2D eigenvalue weighted by atomic mass is 10.2. The second-order valence-corrected chi connectivity index (χ2v) is 9.41. The molecule has 2 N–H and O–H groups in total. The van der Waals surface area contributed by atoms with Gasteiger partial charge in [0.05, 0.1) is 51.2 Å². The Balaban J connectivity index is 2.20. The highest BCUT2D eigenvalue weighted by atomic mass is 32.2. The molecule has 1 atom stereocenters. The summed E-state index contributed by atoms with van der Waals surface area (Å²) in [4.78, 5) is 11.7. The predicted octanol–water partition coefficient (Wildman–Crippen LogP) is 1.23. The molecule has 0 bridgehead atoms. The summed E-state index contributed by atoms with van der Waals surface area (Å²) in [6.07, 6.45) is 1.20. The van der Waals surface area contributed by atoms with Gasteiger partial charge in [-0.15, -0.1) is 11.3 Å². The number of hydrogen-bond donors (Lipinski definition) is 2. The molecule has 0 saturated heterocycles. The lowest BCUT2D eigenvalue weighted by molar-refractivity contribution is -0.871. The Morgan fingerprint density at radius 2 is 2.08 bits per heavy atom. The minimum atomic E-state index is -3.81. The summed E-state index contributed by atoms with van der Waals surface area (Å²) in [7, 11) is 1.80. The molecule has 0 saturated carbocycles. The third-order valence-corrected chi connectivity index (χ3v) is 6.15. The van der Waals surface area contributed by atoms with Gasteiger partial charge in [0.2, 0.25) is 0 Å². The van der Waals surface area contributed by atoms with Crippen LogP contribution in [0.3, 0.4) is 0 Å². The third kappa shape index (κ3) is 5.13. The van der Waals surface area contributed by atoms with Crippen LogP contribution >= 0.6 is 11.3 Å². The van der Waals surface area contributed by atoms with Gasteiger partial charge < -0.3 is 14.1 Å². The van der Waals surface area contributed by atoms with E-state index in [0.29, 0.717) is 21.7 Å². The first-order valence-corrected chi connectivity index (χ1v) is 9.42. The van der Waals surface area contributed by atoms with Crippen LogP contribution in [0.1, 0.15) is 6.42 Å². The van der Waals surface area contributed by atoms with E-state index in [2.05, 4.69) is 9.88 Å². The third-order valence-electron chi connectivity index (χ3n) is 3.04. The molecule has 0 radical (unpaired) electrons. The maximum atomic E-state index is 12.5. The largest absolute Gasteiger partial charge is 0.481 e. The molecule has 0 aliphatic heterocycles. The Morgan fingerprint density at radius 3 is 2.62 bits per heavy atom. The van der Waals surface area contributed by atoms with Gasteiger partial charge in [0.1, 0.15) is 4.21 Å². The topological polar surface area (TPSA) is 110 Å². The van der Waals surface area contributed by atoms with Crippen molar-refractivity contribution in [2.45, 2.75) is 16.7 Å². The van der Waals surface area contributed by atoms with E-state index < -0.39 is 22.0 Å². The van der Waals surface area contributed by atoms with Gasteiger partial charge >= 0.3 is 5.97 Å². The van der Waals surface area contributed by atoms with E-state index in [-0.39, 0.29) is 10.6 Å². The number of aliphatic carboxylic acids is 1. The van der Waals surface area contributed by atoms with Crippen molar-refractivity contribution in [2.75, 3.05) is 27.7 Å². The molecular weight excluding hydrogens is 354 g/mol. The molecule has 0 aliphatic carbocycles. The molecule has 0 aromatic carbocycles. The van der Waals surface area contributed by atoms with Crippen molar-refractivity contribution in [3.8, 4) is 10.6 Å². The molecule has 0 aliphatic rings. The monoisotopic (exact) mass is 374 g/mol. The summed E-state index contributed by atoms with van der Waals surface area (Å²) in [6, 6.07) is 4.03. The summed E-state index contributed by atoms with van der Waals surface area (Å²) in [6.45, 7) is 0.353. The van der Waals surface area contributed by atoms with E-state index in [9.17, 15) is 13.2 Å². The molecule has 0 amide bonds. The van der Waals surface area contributed by atoms with Gasteiger partial charge in [-0.05, 0) is 12.1 Å². The number of likely N-dealkylation sites (N-methyl/N-ethyl adjacent to an activating group) is 1. The molecule has 2 heterocycles. The predicted molar refractivity (Wildman–Crippen MR) is 89.1 cm³/mol. The zero-order valence-corrected chi connectivity index (χ0v) is 15.2. The van der Waals surface area contributed by atoms with Gasteiger partial charge in [-0.25, -0.2) is 13.1 Å². The highest BCUT2D eigenvalue weighted by molar-refractivity contribution is 7.91. The van der Waals surface area contributed by atoms with Crippen molar-refractivity contribution in [3.05, 3.63) is 24.4 Å². The standard InChI is InChI=1S/C14H19N3O5S2/c1-17(2,3)9-10(8-13(18)19)16-24(20,21)14-5-4-12(23-14)11-6-7-15-22-11/h4-7,10,16H,8-9H2,1-3H3/p+1. The van der Waals surface area contributed by atoms with Crippen LogP contribution in [0.2, 0.25) is 0 Å².